The van der Waals surface area contributed by atoms with E-state index in [2.05, 4.69) is 11.2 Å². The van der Waals surface area contributed by atoms with Crippen LogP contribution in [0.1, 0.15) is 31.1 Å². The molecule has 96 valence electrons. The summed E-state index contributed by atoms with van der Waals surface area (Å²) >= 11 is 1.51. The lowest BCUT2D eigenvalue weighted by atomic mass is 10.0. The highest BCUT2D eigenvalue weighted by molar-refractivity contribution is 7.99. The molecule has 3 nitrogen and oxygen atoms in total. The van der Waals surface area contributed by atoms with Crippen molar-refractivity contribution in [1.82, 2.24) is 0 Å². The van der Waals surface area contributed by atoms with Crippen molar-refractivity contribution in [2.24, 2.45) is 0 Å². The number of rotatable bonds is 5. The van der Waals surface area contributed by atoms with Gasteiger partial charge in [0.2, 0.25) is 0 Å². The van der Waals surface area contributed by atoms with Crippen molar-refractivity contribution >= 4 is 23.4 Å². The van der Waals surface area contributed by atoms with E-state index in [9.17, 15) is 9.90 Å². The molecule has 0 heterocycles. The molecule has 4 heteroatoms. The molecule has 0 aliphatic rings. The van der Waals surface area contributed by atoms with E-state index in [1.165, 1.54) is 11.8 Å². The summed E-state index contributed by atoms with van der Waals surface area (Å²) in [6.07, 6.45) is 5.41. The van der Waals surface area contributed by atoms with Crippen molar-refractivity contribution in [2.75, 3.05) is 11.1 Å². The second kappa shape index (κ2) is 5.83. The van der Waals surface area contributed by atoms with Gasteiger partial charge in [-0.2, -0.15) is 0 Å². The molecule has 0 fully saturated rings. The zero-order valence-electron chi connectivity index (χ0n) is 10.8. The molecular formula is C14H17NO2S. The molecule has 0 aliphatic carbocycles. The fraction of sp³-hybridized carbons (Fsp3) is 0.357. The van der Waals surface area contributed by atoms with E-state index >= 15 is 0 Å². The molecule has 0 saturated heterocycles. The molecule has 0 amide bonds. The number of anilines is 1. The average molecular weight is 263 g/mol. The summed E-state index contributed by atoms with van der Waals surface area (Å²) in [5.74, 6) is 2.48. The van der Waals surface area contributed by atoms with Gasteiger partial charge < -0.3 is 10.4 Å². The van der Waals surface area contributed by atoms with Gasteiger partial charge in [0.15, 0.2) is 0 Å². The Bertz CT molecular complexity index is 489. The minimum atomic E-state index is -0.943. The molecular weight excluding hydrogens is 246 g/mol. The van der Waals surface area contributed by atoms with Crippen LogP contribution in [0.3, 0.4) is 0 Å². The number of nitrogens with one attached hydrogen (secondary N) is 1. The number of aromatic carboxylic acids is 1. The summed E-state index contributed by atoms with van der Waals surface area (Å²) in [5, 5.41) is 12.4. The third-order valence-corrected chi connectivity index (χ3v) is 3.29. The maximum absolute atomic E-state index is 11.4. The number of hydrogen-bond acceptors (Lipinski definition) is 3. The van der Waals surface area contributed by atoms with Gasteiger partial charge in [0.05, 0.1) is 16.8 Å². The van der Waals surface area contributed by atoms with E-state index in [4.69, 9.17) is 6.42 Å². The SMILES string of the molecule is C#CC(C)(C)Nc1cccc(SCC)c1C(=O)O. The molecule has 0 atom stereocenters. The van der Waals surface area contributed by atoms with E-state index < -0.39 is 11.5 Å². The van der Waals surface area contributed by atoms with E-state index in [1.54, 1.807) is 6.07 Å². The highest BCUT2D eigenvalue weighted by Gasteiger charge is 2.20. The highest BCUT2D eigenvalue weighted by atomic mass is 32.2. The van der Waals surface area contributed by atoms with Crippen LogP contribution in [0.25, 0.3) is 0 Å². The van der Waals surface area contributed by atoms with Crippen LogP contribution in [0.15, 0.2) is 23.1 Å². The highest BCUT2D eigenvalue weighted by Crippen LogP contribution is 2.30. The molecule has 0 unspecified atom stereocenters. The second-order valence-electron chi connectivity index (χ2n) is 4.31. The number of carboxylic acids is 1. The van der Waals surface area contributed by atoms with E-state index in [1.807, 2.05) is 32.9 Å². The Kier molecular flexibility index (Phi) is 4.69. The van der Waals surface area contributed by atoms with Crippen LogP contribution in [0, 0.1) is 12.3 Å². The number of thioether (sulfide) groups is 1. The van der Waals surface area contributed by atoms with Crippen LogP contribution in [0.2, 0.25) is 0 Å². The largest absolute Gasteiger partial charge is 0.478 e. The van der Waals surface area contributed by atoms with Gasteiger partial charge >= 0.3 is 5.97 Å². The van der Waals surface area contributed by atoms with Crippen LogP contribution < -0.4 is 5.32 Å². The van der Waals surface area contributed by atoms with E-state index in [0.717, 1.165) is 10.6 Å². The number of carboxylic acid groups (broad SMARTS) is 1. The zero-order chi connectivity index (χ0) is 13.8. The summed E-state index contributed by atoms with van der Waals surface area (Å²) in [5.41, 5.74) is 0.260. The van der Waals surface area contributed by atoms with Gasteiger partial charge in [0, 0.05) is 4.90 Å². The maximum Gasteiger partial charge on any atom is 0.338 e. The Morgan fingerprint density at radius 2 is 2.22 bits per heavy atom. The minimum absolute atomic E-state index is 0.285. The first kappa shape index (κ1) is 14.5. The number of benzene rings is 1. The Morgan fingerprint density at radius 1 is 1.56 bits per heavy atom. The Balaban J connectivity index is 3.24. The smallest absolute Gasteiger partial charge is 0.338 e. The monoisotopic (exact) mass is 263 g/mol. The Hall–Kier alpha value is -1.60. The maximum atomic E-state index is 11.4. The van der Waals surface area contributed by atoms with Gasteiger partial charge in [-0.25, -0.2) is 4.79 Å². The molecule has 0 aliphatic heterocycles. The molecule has 0 radical (unpaired) electrons. The van der Waals surface area contributed by atoms with Gasteiger partial charge in [-0.3, -0.25) is 0 Å². The third kappa shape index (κ3) is 3.44. The van der Waals surface area contributed by atoms with Crippen molar-refractivity contribution in [1.29, 1.82) is 0 Å². The lowest BCUT2D eigenvalue weighted by Crippen LogP contribution is -2.29. The standard InChI is InChI=1S/C14H17NO2S/c1-5-14(3,4)15-10-8-7-9-11(18-6-2)12(10)13(16)17/h1,7-9,15H,6H2,2-4H3,(H,16,17). The summed E-state index contributed by atoms with van der Waals surface area (Å²) in [6.45, 7) is 5.65. The first-order chi connectivity index (χ1) is 8.41. The van der Waals surface area contributed by atoms with Crippen molar-refractivity contribution in [3.8, 4) is 12.3 Å². The summed E-state index contributed by atoms with van der Waals surface area (Å²) in [6, 6.07) is 5.38. The topological polar surface area (TPSA) is 49.3 Å². The van der Waals surface area contributed by atoms with Gasteiger partial charge in [-0.1, -0.05) is 18.9 Å². The van der Waals surface area contributed by atoms with E-state index in [0.29, 0.717) is 5.69 Å². The molecule has 1 rings (SSSR count). The molecule has 0 spiro atoms. The average Bonchev–Trinajstić information content (AvgIpc) is 2.28. The van der Waals surface area contributed by atoms with Gasteiger partial charge in [-0.15, -0.1) is 18.2 Å². The molecule has 18 heavy (non-hydrogen) atoms. The second-order valence-corrected chi connectivity index (χ2v) is 5.62. The van der Waals surface area contributed by atoms with Crippen LogP contribution in [0.5, 0.6) is 0 Å². The van der Waals surface area contributed by atoms with Crippen molar-refractivity contribution in [2.45, 2.75) is 31.2 Å². The number of hydrogen-bond donors (Lipinski definition) is 2. The summed E-state index contributed by atoms with van der Waals surface area (Å²) in [7, 11) is 0. The molecule has 0 bridgehead atoms. The van der Waals surface area contributed by atoms with Gasteiger partial charge in [0.1, 0.15) is 0 Å². The fourth-order valence-electron chi connectivity index (χ4n) is 1.50. The first-order valence-corrected chi connectivity index (χ1v) is 6.65. The molecule has 0 aromatic heterocycles. The normalized spacial score (nSPS) is 10.8. The van der Waals surface area contributed by atoms with Crippen molar-refractivity contribution in [3.63, 3.8) is 0 Å². The van der Waals surface area contributed by atoms with Crippen LogP contribution in [0.4, 0.5) is 5.69 Å². The third-order valence-electron chi connectivity index (χ3n) is 2.35. The van der Waals surface area contributed by atoms with Crippen LogP contribution in [-0.2, 0) is 0 Å². The van der Waals surface area contributed by atoms with Crippen LogP contribution >= 0.6 is 11.8 Å². The summed E-state index contributed by atoms with van der Waals surface area (Å²) in [4.78, 5) is 12.1. The number of terminal acetylenes is 1. The Morgan fingerprint density at radius 3 is 2.72 bits per heavy atom. The minimum Gasteiger partial charge on any atom is -0.478 e. The lowest BCUT2D eigenvalue weighted by Gasteiger charge is -2.23. The van der Waals surface area contributed by atoms with Crippen molar-refractivity contribution < 1.29 is 9.90 Å². The summed E-state index contributed by atoms with van der Waals surface area (Å²) < 4.78 is 0. The van der Waals surface area contributed by atoms with Gasteiger partial charge in [-0.05, 0) is 31.7 Å². The lowest BCUT2D eigenvalue weighted by molar-refractivity contribution is 0.0694. The molecule has 0 saturated carbocycles. The predicted molar refractivity (Wildman–Crippen MR) is 76.3 cm³/mol. The molecule has 1 aromatic rings. The van der Waals surface area contributed by atoms with Crippen molar-refractivity contribution in [3.05, 3.63) is 23.8 Å². The van der Waals surface area contributed by atoms with Gasteiger partial charge in [0.25, 0.3) is 0 Å². The first-order valence-electron chi connectivity index (χ1n) is 5.66. The molecule has 2 N–H and O–H groups in total. The Labute approximate surface area is 112 Å². The molecule has 1 aromatic carbocycles. The van der Waals surface area contributed by atoms with E-state index in [-0.39, 0.29) is 5.56 Å². The number of carbonyl (C=O) groups is 1. The predicted octanol–water partition coefficient (Wildman–Crippen LogP) is 3.32. The fourth-order valence-corrected chi connectivity index (χ4v) is 2.33. The van der Waals surface area contributed by atoms with Crippen LogP contribution in [-0.4, -0.2) is 22.4 Å². The zero-order valence-corrected chi connectivity index (χ0v) is 11.6. The quantitative estimate of drug-likeness (QED) is 0.632.